The first-order valence-corrected chi connectivity index (χ1v) is 9.18. The van der Waals surface area contributed by atoms with Crippen molar-refractivity contribution < 1.29 is 26.9 Å². The van der Waals surface area contributed by atoms with E-state index >= 15 is 0 Å². The molecule has 3 heterocycles. The second kappa shape index (κ2) is 7.38. The number of furan rings is 1. The van der Waals surface area contributed by atoms with Crippen molar-refractivity contribution in [3.63, 3.8) is 0 Å². The molecular formula is C20H18F3N3O3. The Labute approximate surface area is 164 Å². The van der Waals surface area contributed by atoms with Gasteiger partial charge in [-0.3, -0.25) is 4.79 Å². The minimum atomic E-state index is -4.45. The zero-order valence-electron chi connectivity index (χ0n) is 15.6. The molecule has 0 spiro atoms. The van der Waals surface area contributed by atoms with E-state index in [0.29, 0.717) is 24.8 Å². The van der Waals surface area contributed by atoms with Crippen molar-refractivity contribution in [2.24, 2.45) is 0 Å². The molecule has 29 heavy (non-hydrogen) atoms. The van der Waals surface area contributed by atoms with Crippen LogP contribution >= 0.6 is 0 Å². The van der Waals surface area contributed by atoms with E-state index in [0.717, 1.165) is 25.0 Å². The molecule has 0 radical (unpaired) electrons. The largest absolute Gasteiger partial charge is 0.451 e. The number of carbonyl (C=O) groups is 1. The molecule has 6 nitrogen and oxygen atoms in total. The summed E-state index contributed by atoms with van der Waals surface area (Å²) in [6.07, 6.45) is -2.84. The Morgan fingerprint density at radius 2 is 2.07 bits per heavy atom. The van der Waals surface area contributed by atoms with Gasteiger partial charge < -0.3 is 13.8 Å². The van der Waals surface area contributed by atoms with Crippen LogP contribution in [-0.4, -0.2) is 34.0 Å². The topological polar surface area (TPSA) is 72.4 Å². The van der Waals surface area contributed by atoms with Crippen molar-refractivity contribution in [1.29, 1.82) is 0 Å². The summed E-state index contributed by atoms with van der Waals surface area (Å²) in [7, 11) is 0. The summed E-state index contributed by atoms with van der Waals surface area (Å²) >= 11 is 0. The standard InChI is InChI=1S/C20H18F3N3O3/c1-12-24-18(29-25-12)14-5-3-9-26(11-14)19(27)17-8-7-16(28-17)13-4-2-6-15(10-13)20(21,22)23/h2,4,6-8,10,14H,3,5,9,11H2,1H3. The highest BCUT2D eigenvalue weighted by molar-refractivity contribution is 5.92. The van der Waals surface area contributed by atoms with Crippen LogP contribution in [-0.2, 0) is 6.18 Å². The first-order chi connectivity index (χ1) is 13.8. The van der Waals surface area contributed by atoms with Gasteiger partial charge in [-0.25, -0.2) is 0 Å². The van der Waals surface area contributed by atoms with Crippen LogP contribution in [0, 0.1) is 6.92 Å². The summed E-state index contributed by atoms with van der Waals surface area (Å²) in [5, 5.41) is 3.79. The van der Waals surface area contributed by atoms with Gasteiger partial charge in [0.1, 0.15) is 5.76 Å². The molecule has 0 bridgehead atoms. The maximum atomic E-state index is 12.9. The first-order valence-electron chi connectivity index (χ1n) is 9.18. The number of amides is 1. The van der Waals surface area contributed by atoms with Crippen molar-refractivity contribution in [3.05, 3.63) is 59.4 Å². The average Bonchev–Trinajstić information content (AvgIpc) is 3.36. The molecule has 0 saturated carbocycles. The molecule has 4 rings (SSSR count). The van der Waals surface area contributed by atoms with Gasteiger partial charge in [-0.15, -0.1) is 0 Å². The van der Waals surface area contributed by atoms with Crippen LogP contribution in [0.1, 0.15) is 46.6 Å². The molecule has 1 aliphatic heterocycles. The maximum Gasteiger partial charge on any atom is 0.416 e. The van der Waals surface area contributed by atoms with Gasteiger partial charge in [0.2, 0.25) is 5.89 Å². The molecule has 2 aromatic heterocycles. The number of rotatable bonds is 3. The molecule has 1 fully saturated rings. The van der Waals surface area contributed by atoms with Gasteiger partial charge in [-0.2, -0.15) is 18.2 Å². The van der Waals surface area contributed by atoms with Crippen LogP contribution in [0.3, 0.4) is 0 Å². The highest BCUT2D eigenvalue weighted by atomic mass is 19.4. The fourth-order valence-electron chi connectivity index (χ4n) is 3.45. The fraction of sp³-hybridized carbons (Fsp3) is 0.350. The molecule has 1 aromatic carbocycles. The Bertz CT molecular complexity index is 1030. The lowest BCUT2D eigenvalue weighted by atomic mass is 9.98. The number of hydrogen-bond donors (Lipinski definition) is 0. The Morgan fingerprint density at radius 1 is 1.24 bits per heavy atom. The minimum Gasteiger partial charge on any atom is -0.451 e. The smallest absolute Gasteiger partial charge is 0.416 e. The van der Waals surface area contributed by atoms with Crippen LogP contribution in [0.2, 0.25) is 0 Å². The van der Waals surface area contributed by atoms with Crippen molar-refractivity contribution in [3.8, 4) is 11.3 Å². The lowest BCUT2D eigenvalue weighted by Gasteiger charge is -2.30. The molecule has 1 saturated heterocycles. The Balaban J connectivity index is 1.51. The van der Waals surface area contributed by atoms with Gasteiger partial charge in [0.25, 0.3) is 5.91 Å². The number of hydrogen-bond acceptors (Lipinski definition) is 5. The number of alkyl halides is 3. The van der Waals surface area contributed by atoms with Gasteiger partial charge in [0.15, 0.2) is 11.6 Å². The number of likely N-dealkylation sites (tertiary alicyclic amines) is 1. The first kappa shape index (κ1) is 19.2. The Kier molecular flexibility index (Phi) is 4.89. The van der Waals surface area contributed by atoms with Crippen molar-refractivity contribution in [2.45, 2.75) is 31.9 Å². The van der Waals surface area contributed by atoms with Crippen LogP contribution in [0.5, 0.6) is 0 Å². The number of carbonyl (C=O) groups excluding carboxylic acids is 1. The van der Waals surface area contributed by atoms with E-state index in [1.54, 1.807) is 11.8 Å². The zero-order chi connectivity index (χ0) is 20.6. The van der Waals surface area contributed by atoms with Gasteiger partial charge in [0.05, 0.1) is 11.5 Å². The van der Waals surface area contributed by atoms with E-state index in [-0.39, 0.29) is 28.9 Å². The number of halogens is 3. The summed E-state index contributed by atoms with van der Waals surface area (Å²) < 4.78 is 49.6. The summed E-state index contributed by atoms with van der Waals surface area (Å²) in [5.41, 5.74) is -0.510. The maximum absolute atomic E-state index is 12.9. The van der Waals surface area contributed by atoms with E-state index in [2.05, 4.69) is 10.1 Å². The third-order valence-corrected chi connectivity index (χ3v) is 4.89. The fourth-order valence-corrected chi connectivity index (χ4v) is 3.45. The van der Waals surface area contributed by atoms with Crippen molar-refractivity contribution in [2.75, 3.05) is 13.1 Å². The summed E-state index contributed by atoms with van der Waals surface area (Å²) in [5.74, 6) is 0.973. The number of benzene rings is 1. The molecule has 0 aliphatic carbocycles. The molecular weight excluding hydrogens is 387 g/mol. The highest BCUT2D eigenvalue weighted by Gasteiger charge is 2.32. The second-order valence-corrected chi connectivity index (χ2v) is 7.01. The zero-order valence-corrected chi connectivity index (χ0v) is 15.6. The van der Waals surface area contributed by atoms with Crippen LogP contribution in [0.4, 0.5) is 13.2 Å². The third kappa shape index (κ3) is 4.03. The lowest BCUT2D eigenvalue weighted by molar-refractivity contribution is -0.137. The van der Waals surface area contributed by atoms with E-state index in [1.165, 1.54) is 24.3 Å². The quantitative estimate of drug-likeness (QED) is 0.633. The van der Waals surface area contributed by atoms with Gasteiger partial charge in [0, 0.05) is 18.7 Å². The number of piperidine rings is 1. The van der Waals surface area contributed by atoms with Crippen LogP contribution in [0.25, 0.3) is 11.3 Å². The van der Waals surface area contributed by atoms with Gasteiger partial charge in [-0.1, -0.05) is 17.3 Å². The summed E-state index contributed by atoms with van der Waals surface area (Å²) in [4.78, 5) is 18.7. The molecule has 1 atom stereocenters. The Hall–Kier alpha value is -3.10. The van der Waals surface area contributed by atoms with Gasteiger partial charge >= 0.3 is 6.18 Å². The minimum absolute atomic E-state index is 0.0493. The van der Waals surface area contributed by atoms with Crippen LogP contribution in [0.15, 0.2) is 45.3 Å². The SMILES string of the molecule is Cc1noc(C2CCCN(C(=O)c3ccc(-c4cccc(C(F)(F)F)c4)o3)C2)n1. The predicted octanol–water partition coefficient (Wildman–Crippen LogP) is 4.68. The molecule has 1 aliphatic rings. The predicted molar refractivity (Wildman–Crippen MR) is 96.1 cm³/mol. The molecule has 3 aromatic rings. The molecule has 1 unspecified atom stereocenters. The van der Waals surface area contributed by atoms with E-state index < -0.39 is 11.7 Å². The monoisotopic (exact) mass is 405 g/mol. The van der Waals surface area contributed by atoms with Crippen molar-refractivity contribution in [1.82, 2.24) is 15.0 Å². The summed E-state index contributed by atoms with van der Waals surface area (Å²) in [6.45, 7) is 2.71. The molecule has 1 amide bonds. The van der Waals surface area contributed by atoms with Crippen LogP contribution < -0.4 is 0 Å². The van der Waals surface area contributed by atoms with E-state index in [9.17, 15) is 18.0 Å². The van der Waals surface area contributed by atoms with Gasteiger partial charge in [-0.05, 0) is 44.0 Å². The lowest BCUT2D eigenvalue weighted by Crippen LogP contribution is -2.39. The molecule has 152 valence electrons. The summed E-state index contributed by atoms with van der Waals surface area (Å²) in [6, 6.07) is 7.80. The van der Waals surface area contributed by atoms with E-state index in [1.807, 2.05) is 0 Å². The normalized spacial score (nSPS) is 17.5. The number of nitrogens with zero attached hydrogens (tertiary/aromatic N) is 3. The number of aromatic nitrogens is 2. The Morgan fingerprint density at radius 3 is 2.79 bits per heavy atom. The van der Waals surface area contributed by atoms with E-state index in [4.69, 9.17) is 8.94 Å². The average molecular weight is 405 g/mol. The second-order valence-electron chi connectivity index (χ2n) is 7.01. The highest BCUT2D eigenvalue weighted by Crippen LogP contribution is 2.33. The molecule has 9 heteroatoms. The third-order valence-electron chi connectivity index (χ3n) is 4.89. The van der Waals surface area contributed by atoms with Crippen molar-refractivity contribution >= 4 is 5.91 Å². The molecule has 0 N–H and O–H groups in total. The number of aryl methyl sites for hydroxylation is 1.